The predicted octanol–water partition coefficient (Wildman–Crippen LogP) is 0.357. The van der Waals surface area contributed by atoms with Gasteiger partial charge >= 0.3 is 0 Å². The van der Waals surface area contributed by atoms with Crippen LogP contribution in [0.4, 0.5) is 0 Å². The second-order valence-electron chi connectivity index (χ2n) is 3.82. The number of hydrogen-bond acceptors (Lipinski definition) is 2. The van der Waals surface area contributed by atoms with Gasteiger partial charge in [-0.15, -0.1) is 0 Å². The fourth-order valence-corrected chi connectivity index (χ4v) is 0.744. The van der Waals surface area contributed by atoms with E-state index in [-0.39, 0.29) is 6.42 Å². The molecule has 0 bridgehead atoms. The Balaban J connectivity index is 3.48. The van der Waals surface area contributed by atoms with E-state index in [1.807, 2.05) is 6.07 Å². The summed E-state index contributed by atoms with van der Waals surface area (Å²) in [6, 6.07) is 1.95. The van der Waals surface area contributed by atoms with E-state index >= 15 is 0 Å². The van der Waals surface area contributed by atoms with E-state index in [4.69, 9.17) is 5.26 Å². The molecule has 0 aliphatic carbocycles. The van der Waals surface area contributed by atoms with Gasteiger partial charge < -0.3 is 9.59 Å². The molecule has 0 rings (SSSR count). The smallest absolute Gasteiger partial charge is 0.0805 e. The highest BCUT2D eigenvalue weighted by Crippen LogP contribution is 2.00. The van der Waals surface area contributed by atoms with Crippen LogP contribution in [0.1, 0.15) is 12.8 Å². The van der Waals surface area contributed by atoms with E-state index in [9.17, 15) is 5.11 Å². The molecule has 0 spiro atoms. The van der Waals surface area contributed by atoms with E-state index in [0.29, 0.717) is 6.42 Å². The van der Waals surface area contributed by atoms with E-state index < -0.39 is 6.10 Å². The maximum Gasteiger partial charge on any atom is 0.0805 e. The zero-order chi connectivity index (χ0) is 8.91. The molecule has 3 heteroatoms. The summed E-state index contributed by atoms with van der Waals surface area (Å²) < 4.78 is 0.836. The maximum absolute atomic E-state index is 9.18. The van der Waals surface area contributed by atoms with Gasteiger partial charge in [0.2, 0.25) is 0 Å². The summed E-state index contributed by atoms with van der Waals surface area (Å²) in [5.41, 5.74) is 0. The van der Waals surface area contributed by atoms with E-state index in [2.05, 4.69) is 21.1 Å². The molecule has 0 aliphatic heterocycles. The van der Waals surface area contributed by atoms with Crippen molar-refractivity contribution in [1.82, 2.24) is 0 Å². The molecule has 0 saturated carbocycles. The third kappa shape index (κ3) is 7.31. The van der Waals surface area contributed by atoms with Crippen LogP contribution in [-0.4, -0.2) is 43.4 Å². The molecule has 64 valence electrons. The van der Waals surface area contributed by atoms with Crippen LogP contribution in [-0.2, 0) is 0 Å². The first kappa shape index (κ1) is 10.4. The number of nitriles is 1. The molecule has 0 radical (unpaired) electrons. The van der Waals surface area contributed by atoms with Crippen LogP contribution in [0.5, 0.6) is 0 Å². The maximum atomic E-state index is 9.18. The summed E-state index contributed by atoms with van der Waals surface area (Å²) in [6.45, 7) is 0.906. The molecule has 1 unspecified atom stereocenters. The quantitative estimate of drug-likeness (QED) is 0.599. The topological polar surface area (TPSA) is 44.0 Å². The molecule has 0 fully saturated rings. The molecular formula is C8H17N2O+. The van der Waals surface area contributed by atoms with Crippen molar-refractivity contribution in [3.63, 3.8) is 0 Å². The van der Waals surface area contributed by atoms with Gasteiger partial charge in [0.15, 0.2) is 0 Å². The lowest BCUT2D eigenvalue weighted by Gasteiger charge is -2.24. The molecule has 0 aliphatic rings. The highest BCUT2D eigenvalue weighted by molar-refractivity contribution is 4.74. The monoisotopic (exact) mass is 157 g/mol. The molecular weight excluding hydrogens is 140 g/mol. The molecule has 0 aromatic heterocycles. The fourth-order valence-electron chi connectivity index (χ4n) is 0.744. The normalized spacial score (nSPS) is 14.1. The van der Waals surface area contributed by atoms with Crippen molar-refractivity contribution in [2.45, 2.75) is 18.9 Å². The Morgan fingerprint density at radius 1 is 1.45 bits per heavy atom. The molecule has 0 heterocycles. The van der Waals surface area contributed by atoms with Crippen LogP contribution in [0.25, 0.3) is 0 Å². The molecule has 3 nitrogen and oxygen atoms in total. The number of aliphatic hydroxyl groups excluding tert-OH is 1. The summed E-state index contributed by atoms with van der Waals surface area (Å²) >= 11 is 0. The minimum absolute atomic E-state index is 0.250. The number of aliphatic hydroxyl groups is 1. The van der Waals surface area contributed by atoms with Crippen molar-refractivity contribution in [1.29, 1.82) is 5.26 Å². The second-order valence-corrected chi connectivity index (χ2v) is 3.82. The first-order chi connectivity index (χ1) is 4.95. The van der Waals surface area contributed by atoms with Crippen LogP contribution in [0, 0.1) is 11.3 Å². The van der Waals surface area contributed by atoms with Crippen LogP contribution in [0.2, 0.25) is 0 Å². The van der Waals surface area contributed by atoms with Gasteiger partial charge in [-0.05, 0) is 0 Å². The van der Waals surface area contributed by atoms with Crippen molar-refractivity contribution < 1.29 is 9.59 Å². The molecule has 11 heavy (non-hydrogen) atoms. The Bertz CT molecular complexity index is 143. The largest absolute Gasteiger partial charge is 0.392 e. The molecule has 1 N–H and O–H groups in total. The Labute approximate surface area is 68.5 Å². The standard InChI is InChI=1S/C8H17N2O/c1-10(2,3)7-5-8(11)4-6-9/h8,11H,4-5,7H2,1-3H3/q+1. The van der Waals surface area contributed by atoms with Crippen molar-refractivity contribution in [2.75, 3.05) is 27.7 Å². The van der Waals surface area contributed by atoms with Gasteiger partial charge in [-0.1, -0.05) is 0 Å². The molecule has 1 atom stereocenters. The number of nitrogens with zero attached hydrogens (tertiary/aromatic N) is 2. The lowest BCUT2D eigenvalue weighted by Crippen LogP contribution is -2.36. The Hall–Kier alpha value is -0.590. The van der Waals surface area contributed by atoms with Gasteiger partial charge in [-0.3, -0.25) is 0 Å². The number of quaternary nitrogens is 1. The van der Waals surface area contributed by atoms with Crippen LogP contribution >= 0.6 is 0 Å². The predicted molar refractivity (Wildman–Crippen MR) is 43.8 cm³/mol. The first-order valence-corrected chi connectivity index (χ1v) is 3.81. The summed E-state index contributed by atoms with van der Waals surface area (Å²) in [4.78, 5) is 0. The molecule has 0 amide bonds. The summed E-state index contributed by atoms with van der Waals surface area (Å²) in [6.07, 6.45) is 0.509. The number of rotatable bonds is 4. The second kappa shape index (κ2) is 4.32. The minimum atomic E-state index is -0.447. The van der Waals surface area contributed by atoms with Gasteiger partial charge in [0.25, 0.3) is 0 Å². The van der Waals surface area contributed by atoms with E-state index in [1.54, 1.807) is 0 Å². The Kier molecular flexibility index (Phi) is 4.09. The SMILES string of the molecule is C[N+](C)(C)CCC(O)CC#N. The third-order valence-corrected chi connectivity index (χ3v) is 1.46. The van der Waals surface area contributed by atoms with E-state index in [0.717, 1.165) is 11.0 Å². The fraction of sp³-hybridized carbons (Fsp3) is 0.875. The minimum Gasteiger partial charge on any atom is -0.392 e. The number of hydrogen-bond donors (Lipinski definition) is 1. The van der Waals surface area contributed by atoms with Gasteiger partial charge in [-0.25, -0.2) is 0 Å². The average molecular weight is 157 g/mol. The van der Waals surface area contributed by atoms with Crippen molar-refractivity contribution in [2.24, 2.45) is 0 Å². The van der Waals surface area contributed by atoms with Gasteiger partial charge in [-0.2, -0.15) is 5.26 Å². The van der Waals surface area contributed by atoms with Gasteiger partial charge in [0.1, 0.15) is 0 Å². The van der Waals surface area contributed by atoms with Crippen LogP contribution in [0.3, 0.4) is 0 Å². The molecule has 0 aromatic carbocycles. The average Bonchev–Trinajstić information content (AvgIpc) is 1.83. The molecule has 0 aromatic rings. The third-order valence-electron chi connectivity index (χ3n) is 1.46. The highest BCUT2D eigenvalue weighted by atomic mass is 16.3. The zero-order valence-electron chi connectivity index (χ0n) is 7.54. The summed E-state index contributed by atoms with van der Waals surface area (Å²) in [7, 11) is 6.21. The van der Waals surface area contributed by atoms with Crippen LogP contribution in [0.15, 0.2) is 0 Å². The Morgan fingerprint density at radius 3 is 2.36 bits per heavy atom. The van der Waals surface area contributed by atoms with Crippen molar-refractivity contribution in [3.05, 3.63) is 0 Å². The lowest BCUT2D eigenvalue weighted by atomic mass is 10.2. The van der Waals surface area contributed by atoms with Crippen LogP contribution < -0.4 is 0 Å². The van der Waals surface area contributed by atoms with Gasteiger partial charge in [0.05, 0.1) is 46.3 Å². The zero-order valence-corrected chi connectivity index (χ0v) is 7.54. The lowest BCUT2D eigenvalue weighted by molar-refractivity contribution is -0.870. The van der Waals surface area contributed by atoms with Gasteiger partial charge in [0, 0.05) is 6.42 Å². The van der Waals surface area contributed by atoms with E-state index in [1.165, 1.54) is 0 Å². The Morgan fingerprint density at radius 2 is 2.00 bits per heavy atom. The van der Waals surface area contributed by atoms with Crippen molar-refractivity contribution in [3.8, 4) is 6.07 Å². The highest BCUT2D eigenvalue weighted by Gasteiger charge is 2.10. The van der Waals surface area contributed by atoms with Crippen molar-refractivity contribution >= 4 is 0 Å². The molecule has 0 saturated heterocycles. The summed E-state index contributed by atoms with van der Waals surface area (Å²) in [5, 5.41) is 17.4. The summed E-state index contributed by atoms with van der Waals surface area (Å²) in [5.74, 6) is 0. The first-order valence-electron chi connectivity index (χ1n) is 3.81.